The number of nitrogen functional groups attached to an aromatic ring is 1. The van der Waals surface area contributed by atoms with E-state index in [0.717, 1.165) is 17.9 Å². The molecule has 0 saturated heterocycles. The molecular formula is C8H14N6O. The number of ether oxygens (including phenoxy) is 1. The van der Waals surface area contributed by atoms with Gasteiger partial charge in [0, 0.05) is 13.7 Å². The number of hydrogen-bond acceptors (Lipinski definition) is 6. The van der Waals surface area contributed by atoms with E-state index >= 15 is 0 Å². The highest BCUT2D eigenvalue weighted by Crippen LogP contribution is 2.28. The minimum atomic E-state index is 0.0378. The van der Waals surface area contributed by atoms with Crippen LogP contribution in [0.15, 0.2) is 11.3 Å². The molecule has 7 heteroatoms. The maximum absolute atomic E-state index is 5.33. The third-order valence-electron chi connectivity index (χ3n) is 2.30. The summed E-state index contributed by atoms with van der Waals surface area (Å²) in [5.41, 5.74) is 3.39. The number of hydrogen-bond donors (Lipinski definition) is 3. The second-order valence-electron chi connectivity index (χ2n) is 3.20. The van der Waals surface area contributed by atoms with Crippen molar-refractivity contribution in [2.75, 3.05) is 24.6 Å². The summed E-state index contributed by atoms with van der Waals surface area (Å²) in [6.45, 7) is 0.657. The molecule has 0 amide bonds. The van der Waals surface area contributed by atoms with Crippen molar-refractivity contribution in [2.45, 2.75) is 12.5 Å². The standard InChI is InChI=1S/C8H14N6O/c1-15-3-2-6-7-8(11-4-10-6)14(13-9)5-12-7/h4-6,13H,2-3,9H2,1H3,(H,10,11). The third-order valence-corrected chi connectivity index (χ3v) is 2.30. The highest BCUT2D eigenvalue weighted by Gasteiger charge is 2.22. The van der Waals surface area contributed by atoms with Gasteiger partial charge in [-0.2, -0.15) is 0 Å². The molecule has 0 aliphatic carbocycles. The number of aromatic nitrogens is 2. The van der Waals surface area contributed by atoms with E-state index in [1.54, 1.807) is 24.5 Å². The van der Waals surface area contributed by atoms with E-state index in [-0.39, 0.29) is 6.04 Å². The number of nitrogens with zero attached hydrogens (tertiary/aromatic N) is 3. The molecule has 1 aromatic heterocycles. The maximum atomic E-state index is 5.33. The maximum Gasteiger partial charge on any atom is 0.157 e. The van der Waals surface area contributed by atoms with Crippen LogP contribution < -0.4 is 16.7 Å². The number of aliphatic imine (C=N–C) groups is 1. The summed E-state index contributed by atoms with van der Waals surface area (Å²) in [5, 5.41) is 2.99. The first-order valence-corrected chi connectivity index (χ1v) is 4.67. The Hall–Kier alpha value is -1.60. The third kappa shape index (κ3) is 1.79. The van der Waals surface area contributed by atoms with Gasteiger partial charge in [0.15, 0.2) is 5.82 Å². The average molecular weight is 210 g/mol. The molecule has 0 saturated carbocycles. The van der Waals surface area contributed by atoms with Crippen LogP contribution in [0.5, 0.6) is 0 Å². The van der Waals surface area contributed by atoms with Gasteiger partial charge in [0.2, 0.25) is 0 Å². The SMILES string of the molecule is COCCC1N=CNc2c1ncn2NN. The molecule has 15 heavy (non-hydrogen) atoms. The lowest BCUT2D eigenvalue weighted by atomic mass is 10.1. The molecule has 1 atom stereocenters. The summed E-state index contributed by atoms with van der Waals surface area (Å²) in [6.07, 6.45) is 4.08. The highest BCUT2D eigenvalue weighted by atomic mass is 16.5. The molecule has 0 aromatic carbocycles. The molecular weight excluding hydrogens is 196 g/mol. The van der Waals surface area contributed by atoms with E-state index in [1.165, 1.54) is 0 Å². The molecule has 1 aliphatic heterocycles. The van der Waals surface area contributed by atoms with Crippen LogP contribution in [-0.4, -0.2) is 29.7 Å². The van der Waals surface area contributed by atoms with Gasteiger partial charge in [-0.25, -0.2) is 15.5 Å². The van der Waals surface area contributed by atoms with Crippen LogP contribution in [0.25, 0.3) is 0 Å². The van der Waals surface area contributed by atoms with Crippen LogP contribution in [0.1, 0.15) is 18.2 Å². The first-order chi connectivity index (χ1) is 7.36. The zero-order chi connectivity index (χ0) is 10.7. The molecule has 0 fully saturated rings. The van der Waals surface area contributed by atoms with E-state index in [0.29, 0.717) is 6.61 Å². The molecule has 1 unspecified atom stereocenters. The van der Waals surface area contributed by atoms with Gasteiger partial charge in [0.1, 0.15) is 12.0 Å². The first kappa shape index (κ1) is 9.94. The van der Waals surface area contributed by atoms with Gasteiger partial charge in [-0.3, -0.25) is 10.5 Å². The normalized spacial score (nSPS) is 18.4. The van der Waals surface area contributed by atoms with Gasteiger partial charge < -0.3 is 10.1 Å². The molecule has 4 N–H and O–H groups in total. The summed E-state index contributed by atoms with van der Waals surface area (Å²) < 4.78 is 6.63. The number of rotatable bonds is 4. The minimum absolute atomic E-state index is 0.0378. The van der Waals surface area contributed by atoms with Crippen LogP contribution in [0.3, 0.4) is 0 Å². The number of methoxy groups -OCH3 is 1. The van der Waals surface area contributed by atoms with E-state index in [9.17, 15) is 0 Å². The zero-order valence-corrected chi connectivity index (χ0v) is 8.47. The summed E-state index contributed by atoms with van der Waals surface area (Å²) in [4.78, 5) is 8.55. The Balaban J connectivity index is 2.19. The minimum Gasteiger partial charge on any atom is -0.385 e. The lowest BCUT2D eigenvalue weighted by molar-refractivity contribution is 0.188. The predicted octanol–water partition coefficient (Wildman–Crippen LogP) is -0.168. The van der Waals surface area contributed by atoms with Crippen molar-refractivity contribution in [1.29, 1.82) is 0 Å². The second-order valence-corrected chi connectivity index (χ2v) is 3.20. The fourth-order valence-electron chi connectivity index (χ4n) is 1.55. The lowest BCUT2D eigenvalue weighted by Crippen LogP contribution is -2.24. The molecule has 7 nitrogen and oxygen atoms in total. The summed E-state index contributed by atoms with van der Waals surface area (Å²) >= 11 is 0. The van der Waals surface area contributed by atoms with Gasteiger partial charge >= 0.3 is 0 Å². The zero-order valence-electron chi connectivity index (χ0n) is 8.47. The second kappa shape index (κ2) is 4.28. The van der Waals surface area contributed by atoms with Gasteiger partial charge in [-0.05, 0) is 6.42 Å². The smallest absolute Gasteiger partial charge is 0.157 e. The number of fused-ring (bicyclic) bond motifs is 1. The Labute approximate surface area is 87.3 Å². The molecule has 0 spiro atoms. The van der Waals surface area contributed by atoms with Crippen molar-refractivity contribution in [3.8, 4) is 0 Å². The Morgan fingerprint density at radius 3 is 3.33 bits per heavy atom. The van der Waals surface area contributed by atoms with Gasteiger partial charge in [-0.15, -0.1) is 0 Å². The van der Waals surface area contributed by atoms with Crippen molar-refractivity contribution in [3.63, 3.8) is 0 Å². The topological polar surface area (TPSA) is 89.5 Å². The van der Waals surface area contributed by atoms with Gasteiger partial charge in [0.05, 0.1) is 12.4 Å². The van der Waals surface area contributed by atoms with Crippen LogP contribution in [0, 0.1) is 0 Å². The Kier molecular flexibility index (Phi) is 2.84. The Morgan fingerprint density at radius 1 is 1.73 bits per heavy atom. The first-order valence-electron chi connectivity index (χ1n) is 4.67. The molecule has 2 heterocycles. The highest BCUT2D eigenvalue weighted by molar-refractivity contribution is 5.78. The van der Waals surface area contributed by atoms with Crippen LogP contribution in [0.4, 0.5) is 5.82 Å². The molecule has 1 aromatic rings. The molecule has 0 bridgehead atoms. The van der Waals surface area contributed by atoms with E-state index < -0.39 is 0 Å². The number of nitrogens with two attached hydrogens (primary N) is 1. The molecule has 82 valence electrons. The quantitative estimate of drug-likeness (QED) is 0.474. The average Bonchev–Trinajstić information content (AvgIpc) is 2.69. The Bertz CT molecular complexity index is 360. The Morgan fingerprint density at radius 2 is 2.60 bits per heavy atom. The lowest BCUT2D eigenvalue weighted by Gasteiger charge is -2.17. The summed E-state index contributed by atoms with van der Waals surface area (Å²) in [7, 11) is 1.67. The van der Waals surface area contributed by atoms with E-state index in [2.05, 4.69) is 20.8 Å². The van der Waals surface area contributed by atoms with Crippen LogP contribution in [0.2, 0.25) is 0 Å². The summed E-state index contributed by atoms with van der Waals surface area (Å²) in [5.74, 6) is 6.16. The number of nitrogens with one attached hydrogen (secondary N) is 2. The number of anilines is 1. The fourth-order valence-corrected chi connectivity index (χ4v) is 1.55. The van der Waals surface area contributed by atoms with Gasteiger partial charge in [0.25, 0.3) is 0 Å². The fraction of sp³-hybridized carbons (Fsp3) is 0.500. The van der Waals surface area contributed by atoms with Crippen LogP contribution in [-0.2, 0) is 4.74 Å². The largest absolute Gasteiger partial charge is 0.385 e. The van der Waals surface area contributed by atoms with Gasteiger partial charge in [-0.1, -0.05) is 0 Å². The number of imidazole rings is 1. The van der Waals surface area contributed by atoms with Crippen molar-refractivity contribution in [1.82, 2.24) is 9.66 Å². The predicted molar refractivity (Wildman–Crippen MR) is 57.1 cm³/mol. The van der Waals surface area contributed by atoms with Crippen molar-refractivity contribution < 1.29 is 4.74 Å². The molecule has 2 rings (SSSR count). The van der Waals surface area contributed by atoms with E-state index in [1.807, 2.05) is 0 Å². The molecule has 0 radical (unpaired) electrons. The van der Waals surface area contributed by atoms with E-state index in [4.69, 9.17) is 10.6 Å². The van der Waals surface area contributed by atoms with Crippen molar-refractivity contribution >= 4 is 12.2 Å². The van der Waals surface area contributed by atoms with Crippen molar-refractivity contribution in [2.24, 2.45) is 10.8 Å². The molecule has 1 aliphatic rings. The van der Waals surface area contributed by atoms with Crippen LogP contribution >= 0.6 is 0 Å². The number of hydrazine groups is 1. The summed E-state index contributed by atoms with van der Waals surface area (Å²) in [6, 6.07) is 0.0378. The van der Waals surface area contributed by atoms with Crippen molar-refractivity contribution in [3.05, 3.63) is 12.0 Å². The monoisotopic (exact) mass is 210 g/mol.